The van der Waals surface area contributed by atoms with Crippen molar-refractivity contribution in [3.8, 4) is 17.2 Å². The molecular formula is C72H75F9N8O6. The number of pyridine rings is 1. The van der Waals surface area contributed by atoms with Crippen LogP contribution in [0.3, 0.4) is 0 Å². The molecule has 6 unspecified atom stereocenters. The van der Waals surface area contributed by atoms with Crippen molar-refractivity contribution in [1.29, 1.82) is 0 Å². The van der Waals surface area contributed by atoms with Crippen molar-refractivity contribution in [3.05, 3.63) is 262 Å². The van der Waals surface area contributed by atoms with Gasteiger partial charge < -0.3 is 38.7 Å². The Labute approximate surface area is 545 Å². The van der Waals surface area contributed by atoms with E-state index in [4.69, 9.17) is 14.2 Å². The van der Waals surface area contributed by atoms with E-state index < -0.39 is 53.5 Å². The number of aliphatic hydroxyl groups excluding tert-OH is 3. The fourth-order valence-electron chi connectivity index (χ4n) is 12.4. The topological polar surface area (TPSA) is 147 Å². The number of hydrogen-bond acceptors (Lipinski definition) is 12. The fourth-order valence-corrected chi connectivity index (χ4v) is 12.4. The van der Waals surface area contributed by atoms with Crippen LogP contribution < -0.4 is 14.2 Å². The summed E-state index contributed by atoms with van der Waals surface area (Å²) in [5.74, 6) is 2.71. The number of hydrogen-bond donors (Lipinski definition) is 3. The highest BCUT2D eigenvalue weighted by molar-refractivity contribution is 5.38. The van der Waals surface area contributed by atoms with Gasteiger partial charge in [-0.05, 0) is 151 Å². The molecule has 14 nitrogen and oxygen atoms in total. The van der Waals surface area contributed by atoms with Crippen LogP contribution in [0.4, 0.5) is 39.5 Å². The Morgan fingerprint density at radius 3 is 1.32 bits per heavy atom. The number of aryl methyl sites for hydroxylation is 3. The molecule has 12 rings (SSSR count). The van der Waals surface area contributed by atoms with Crippen LogP contribution in [-0.2, 0) is 77.1 Å². The Morgan fingerprint density at radius 2 is 0.895 bits per heavy atom. The molecule has 0 spiro atoms. The van der Waals surface area contributed by atoms with Gasteiger partial charge in [-0.2, -0.15) is 39.5 Å². The highest BCUT2D eigenvalue weighted by atomic mass is 19.4. The molecule has 95 heavy (non-hydrogen) atoms. The third kappa shape index (κ3) is 17.9. The van der Waals surface area contributed by atoms with Gasteiger partial charge in [0.2, 0.25) is 0 Å². The molecule has 0 aliphatic carbocycles. The maximum Gasteiger partial charge on any atom is 0.416 e. The first-order chi connectivity index (χ1) is 45.3. The van der Waals surface area contributed by atoms with E-state index in [0.29, 0.717) is 39.3 Å². The van der Waals surface area contributed by atoms with Crippen molar-refractivity contribution in [2.45, 2.75) is 107 Å². The summed E-state index contributed by atoms with van der Waals surface area (Å²) in [6.07, 6.45) is -2.33. The third-order valence-corrected chi connectivity index (χ3v) is 17.4. The minimum absolute atomic E-state index is 0.00465. The van der Waals surface area contributed by atoms with Gasteiger partial charge in [-0.1, -0.05) is 78.4 Å². The molecule has 0 bridgehead atoms. The summed E-state index contributed by atoms with van der Waals surface area (Å²) in [6, 6.07) is 40.3. The summed E-state index contributed by atoms with van der Waals surface area (Å²) in [5.41, 5.74) is 7.17. The number of aliphatic hydroxyl groups is 3. The summed E-state index contributed by atoms with van der Waals surface area (Å²) < 4.78 is 135. The molecule has 23 heteroatoms. The lowest BCUT2D eigenvalue weighted by Crippen LogP contribution is -2.51. The summed E-state index contributed by atoms with van der Waals surface area (Å²) in [7, 11) is 3.90. The maximum absolute atomic E-state index is 12.7. The van der Waals surface area contributed by atoms with E-state index >= 15 is 0 Å². The van der Waals surface area contributed by atoms with Crippen molar-refractivity contribution < 1.29 is 69.0 Å². The number of ether oxygens (including phenoxy) is 3. The summed E-state index contributed by atoms with van der Waals surface area (Å²) in [5, 5.41) is 32.0. The van der Waals surface area contributed by atoms with Gasteiger partial charge in [-0.25, -0.2) is 9.97 Å². The minimum atomic E-state index is -4.39. The van der Waals surface area contributed by atoms with Crippen LogP contribution in [0.25, 0.3) is 0 Å². The van der Waals surface area contributed by atoms with E-state index in [9.17, 15) is 54.8 Å². The predicted molar refractivity (Wildman–Crippen MR) is 339 cm³/mol. The Kier molecular flexibility index (Phi) is 21.9. The van der Waals surface area contributed by atoms with Crippen LogP contribution in [-0.4, -0.2) is 112 Å². The van der Waals surface area contributed by atoms with Gasteiger partial charge in [0.1, 0.15) is 67.0 Å². The summed E-state index contributed by atoms with van der Waals surface area (Å²) >= 11 is 0. The highest BCUT2D eigenvalue weighted by Crippen LogP contribution is 2.40. The number of rotatable bonds is 18. The molecule has 0 saturated heterocycles. The molecule has 0 saturated carbocycles. The van der Waals surface area contributed by atoms with Gasteiger partial charge in [0.15, 0.2) is 0 Å². The molecule has 6 heterocycles. The zero-order valence-electron chi connectivity index (χ0n) is 52.8. The molecule has 502 valence electrons. The monoisotopic (exact) mass is 1320 g/mol. The van der Waals surface area contributed by atoms with Gasteiger partial charge in [0.25, 0.3) is 0 Å². The number of aromatic nitrogens is 5. The van der Waals surface area contributed by atoms with Gasteiger partial charge >= 0.3 is 18.5 Å². The predicted octanol–water partition coefficient (Wildman–Crippen LogP) is 13.1. The van der Waals surface area contributed by atoms with E-state index in [-0.39, 0.29) is 54.7 Å². The van der Waals surface area contributed by atoms with Crippen LogP contribution in [0.5, 0.6) is 17.2 Å². The van der Waals surface area contributed by atoms with Crippen molar-refractivity contribution >= 4 is 0 Å². The molecule has 0 radical (unpaired) electrons. The van der Waals surface area contributed by atoms with Gasteiger partial charge in [-0.15, -0.1) is 0 Å². The standard InChI is InChI=1S/C25H25F3N2O2.C24H26F3N3O2.C23H24F3N3O2/c1-24(21-7-4-12-29-14-21)13-18-5-2-3-6-19(18)15-30(24)16-22(31)17-32-23-10-8-20(9-11-23)25(26,27)28;1-16-3-4-17-13-30(22(12-18(17)11-16)23-28-9-10-29(23)2)14-20(31)15-32-21-7-5-19(6-8-21)24(25,26)27;1-28-11-10-27-22(28)21-12-16-4-2-3-5-17(16)13-29(21)14-19(30)15-31-20-8-6-18(7-9-20)23(24,25)26/h2-12,14,22,31H,13,15-17H2,1H3;3-11,20,22,31H,12-15H2,1-2H3;2-11,19,21,30H,12-15H2,1H3. The second kappa shape index (κ2) is 30.0. The molecule has 3 aromatic heterocycles. The first-order valence-electron chi connectivity index (χ1n) is 31.0. The molecule has 9 aromatic rings. The molecule has 3 aliphatic rings. The zero-order chi connectivity index (χ0) is 67.7. The third-order valence-electron chi connectivity index (χ3n) is 17.4. The average molecular weight is 1320 g/mol. The number of fused-ring (bicyclic) bond motifs is 3. The largest absolute Gasteiger partial charge is 0.491 e. The van der Waals surface area contributed by atoms with Crippen LogP contribution in [0.15, 0.2) is 189 Å². The van der Waals surface area contributed by atoms with Crippen molar-refractivity contribution in [2.75, 3.05) is 39.5 Å². The minimum Gasteiger partial charge on any atom is -0.491 e. The SMILES string of the molecule is CC1(c2cccnc2)Cc2ccccc2CN1CC(O)COc1ccc(C(F)(F)F)cc1.Cc1ccc2c(c1)CC(c1nccn1C)N(CC(O)COc1ccc(C(F)(F)F)cc1)C2.Cn1ccnc1C1Cc2ccccc2CN1CC(O)COc1ccc(C(F)(F)F)cc1. The first kappa shape index (κ1) is 69.3. The van der Waals surface area contributed by atoms with E-state index in [2.05, 4.69) is 86.0 Å². The van der Waals surface area contributed by atoms with Crippen LogP contribution in [0.2, 0.25) is 0 Å². The second-order valence-corrected chi connectivity index (χ2v) is 24.4. The lowest BCUT2D eigenvalue weighted by atomic mass is 9.79. The number of β-amino-alcohol motifs (C(OH)–C–C–N with tert-alkyl or cyclic N) is 3. The Morgan fingerprint density at radius 1 is 0.484 bits per heavy atom. The van der Waals surface area contributed by atoms with Gasteiger partial charge in [0.05, 0.1) is 28.8 Å². The first-order valence-corrected chi connectivity index (χ1v) is 31.0. The fraction of sp³-hybridized carbons (Fsp3) is 0.347. The smallest absolute Gasteiger partial charge is 0.416 e. The van der Waals surface area contributed by atoms with E-state index in [1.165, 1.54) is 75.3 Å². The van der Waals surface area contributed by atoms with Crippen molar-refractivity contribution in [2.24, 2.45) is 14.1 Å². The van der Waals surface area contributed by atoms with Crippen LogP contribution >= 0.6 is 0 Å². The molecule has 0 amide bonds. The lowest BCUT2D eigenvalue weighted by molar-refractivity contribution is -0.138. The zero-order valence-corrected chi connectivity index (χ0v) is 52.8. The molecule has 3 N–H and O–H groups in total. The number of halogens is 9. The van der Waals surface area contributed by atoms with E-state index in [1.807, 2.05) is 78.2 Å². The van der Waals surface area contributed by atoms with Crippen LogP contribution in [0, 0.1) is 6.92 Å². The Balaban J connectivity index is 0.000000155. The van der Waals surface area contributed by atoms with Crippen LogP contribution in [0.1, 0.15) is 91.9 Å². The summed E-state index contributed by atoms with van der Waals surface area (Å²) in [6.45, 7) is 7.22. The number of imidazole rings is 2. The Bertz CT molecular complexity index is 3930. The highest BCUT2D eigenvalue weighted by Gasteiger charge is 2.40. The lowest BCUT2D eigenvalue weighted by Gasteiger charge is -2.46. The summed E-state index contributed by atoms with van der Waals surface area (Å²) in [4.78, 5) is 19.9. The molecule has 6 atom stereocenters. The molecular weight excluding hydrogens is 1240 g/mol. The molecule has 0 fully saturated rings. The van der Waals surface area contributed by atoms with Crippen molar-refractivity contribution in [3.63, 3.8) is 0 Å². The maximum atomic E-state index is 12.7. The van der Waals surface area contributed by atoms with E-state index in [1.54, 1.807) is 18.6 Å². The normalized spacial score (nSPS) is 18.5. The average Bonchev–Trinajstić information content (AvgIpc) is 1.39. The van der Waals surface area contributed by atoms with E-state index in [0.717, 1.165) is 72.9 Å². The number of nitrogens with zero attached hydrogens (tertiary/aromatic N) is 8. The van der Waals surface area contributed by atoms with Gasteiger partial charge in [0, 0.05) is 96.1 Å². The molecule has 6 aromatic carbocycles. The quantitative estimate of drug-likeness (QED) is 0.0703. The number of benzene rings is 6. The Hall–Kier alpha value is -8.58. The van der Waals surface area contributed by atoms with Gasteiger partial charge in [-0.3, -0.25) is 19.7 Å². The molecule has 3 aliphatic heterocycles. The second-order valence-electron chi connectivity index (χ2n) is 24.4. The van der Waals surface area contributed by atoms with Crippen molar-refractivity contribution in [1.82, 2.24) is 38.8 Å². The number of alkyl halides is 9.